The summed E-state index contributed by atoms with van der Waals surface area (Å²) in [6.45, 7) is 0. The summed E-state index contributed by atoms with van der Waals surface area (Å²) in [6, 6.07) is 11.1. The number of carbonyl (C=O) groups is 2. The lowest BCUT2D eigenvalue weighted by Crippen LogP contribution is -2.45. The van der Waals surface area contributed by atoms with Crippen molar-refractivity contribution in [3.8, 4) is 0 Å². The van der Waals surface area contributed by atoms with Crippen molar-refractivity contribution in [1.29, 1.82) is 0 Å². The van der Waals surface area contributed by atoms with E-state index in [1.165, 1.54) is 24.5 Å². The summed E-state index contributed by atoms with van der Waals surface area (Å²) in [5.74, 6) is -0.840. The average Bonchev–Trinajstić information content (AvgIpc) is 2.59. The normalized spacial score (nSPS) is 13.0. The van der Waals surface area contributed by atoms with Gasteiger partial charge in [0.2, 0.25) is 5.91 Å². The summed E-state index contributed by atoms with van der Waals surface area (Å²) < 4.78 is 12.2. The summed E-state index contributed by atoms with van der Waals surface area (Å²) in [5, 5.41) is 2.56. The standard InChI is InChI=1S/C16H17N3O3S/c17-15(20)14(19-16(21)12-6-9-18-10-7-12)8-11-23(22)13-4-2-1-3-5-13/h1-7,9-10,14H,8,11H2,(H2,17,20)(H,19,21)/t14-,23-/m0/s1. The van der Waals surface area contributed by atoms with Gasteiger partial charge in [-0.05, 0) is 30.7 Å². The SMILES string of the molecule is NC(=O)[C@H](CC[S@](=O)c1ccccc1)NC(=O)c1ccncc1. The van der Waals surface area contributed by atoms with Crippen molar-refractivity contribution in [3.05, 3.63) is 60.4 Å². The Bertz CT molecular complexity index is 692. The van der Waals surface area contributed by atoms with Gasteiger partial charge in [0.15, 0.2) is 0 Å². The van der Waals surface area contributed by atoms with Crippen LogP contribution >= 0.6 is 0 Å². The minimum Gasteiger partial charge on any atom is -0.368 e. The second kappa shape index (κ2) is 8.19. The Labute approximate surface area is 136 Å². The highest BCUT2D eigenvalue weighted by molar-refractivity contribution is 7.85. The molecule has 23 heavy (non-hydrogen) atoms. The number of benzene rings is 1. The number of amides is 2. The molecule has 1 aromatic carbocycles. The molecule has 2 atom stereocenters. The molecule has 2 rings (SSSR count). The molecule has 2 amide bonds. The fourth-order valence-electron chi connectivity index (χ4n) is 1.95. The molecular formula is C16H17N3O3S. The molecule has 2 aromatic rings. The monoisotopic (exact) mass is 331 g/mol. The van der Waals surface area contributed by atoms with E-state index in [2.05, 4.69) is 10.3 Å². The molecule has 1 aromatic heterocycles. The first-order valence-corrected chi connectivity index (χ1v) is 8.33. The van der Waals surface area contributed by atoms with Crippen molar-refractivity contribution in [2.24, 2.45) is 5.73 Å². The molecule has 7 heteroatoms. The van der Waals surface area contributed by atoms with Gasteiger partial charge in [0.25, 0.3) is 5.91 Å². The highest BCUT2D eigenvalue weighted by Gasteiger charge is 2.20. The minimum atomic E-state index is -1.25. The molecule has 0 bridgehead atoms. The van der Waals surface area contributed by atoms with Crippen molar-refractivity contribution in [2.45, 2.75) is 17.4 Å². The van der Waals surface area contributed by atoms with E-state index in [0.717, 1.165) is 0 Å². The maximum Gasteiger partial charge on any atom is 0.252 e. The first-order valence-electron chi connectivity index (χ1n) is 7.01. The van der Waals surface area contributed by atoms with Crippen LogP contribution in [0.25, 0.3) is 0 Å². The van der Waals surface area contributed by atoms with Crippen LogP contribution in [0, 0.1) is 0 Å². The second-order valence-electron chi connectivity index (χ2n) is 4.82. The van der Waals surface area contributed by atoms with Gasteiger partial charge < -0.3 is 11.1 Å². The first-order chi connectivity index (χ1) is 11.1. The third-order valence-corrected chi connectivity index (χ3v) is 4.59. The summed E-state index contributed by atoms with van der Waals surface area (Å²) in [4.78, 5) is 28.1. The molecule has 6 nitrogen and oxygen atoms in total. The number of aromatic nitrogens is 1. The molecule has 120 valence electrons. The van der Waals surface area contributed by atoms with Crippen molar-refractivity contribution in [2.75, 3.05) is 5.75 Å². The molecule has 0 aliphatic heterocycles. The summed E-state index contributed by atoms with van der Waals surface area (Å²) in [6.07, 6.45) is 3.17. The molecule has 0 unspecified atom stereocenters. The molecule has 0 fully saturated rings. The smallest absolute Gasteiger partial charge is 0.252 e. The van der Waals surface area contributed by atoms with Gasteiger partial charge in [-0.3, -0.25) is 18.8 Å². The zero-order valence-corrected chi connectivity index (χ0v) is 13.2. The molecule has 0 aliphatic rings. The van der Waals surface area contributed by atoms with E-state index >= 15 is 0 Å². The van der Waals surface area contributed by atoms with Crippen LogP contribution in [0.1, 0.15) is 16.8 Å². The average molecular weight is 331 g/mol. The fraction of sp³-hybridized carbons (Fsp3) is 0.188. The Kier molecular flexibility index (Phi) is 5.99. The van der Waals surface area contributed by atoms with E-state index in [1.54, 1.807) is 24.3 Å². The maximum atomic E-state index is 12.2. The Morgan fingerprint density at radius 2 is 1.78 bits per heavy atom. The number of pyridine rings is 1. The van der Waals surface area contributed by atoms with E-state index in [1.807, 2.05) is 6.07 Å². The van der Waals surface area contributed by atoms with Gasteiger partial charge in [-0.2, -0.15) is 0 Å². The predicted molar refractivity (Wildman–Crippen MR) is 87.0 cm³/mol. The molecule has 0 saturated heterocycles. The van der Waals surface area contributed by atoms with E-state index in [4.69, 9.17) is 5.73 Å². The highest BCUT2D eigenvalue weighted by Crippen LogP contribution is 2.08. The number of rotatable bonds is 7. The lowest BCUT2D eigenvalue weighted by molar-refractivity contribution is -0.119. The first kappa shape index (κ1) is 16.8. The molecule has 0 aliphatic carbocycles. The third kappa shape index (κ3) is 5.00. The molecule has 0 radical (unpaired) electrons. The number of nitrogens with zero attached hydrogens (tertiary/aromatic N) is 1. The Balaban J connectivity index is 1.96. The fourth-order valence-corrected chi connectivity index (χ4v) is 3.09. The van der Waals surface area contributed by atoms with Crippen LogP contribution < -0.4 is 11.1 Å². The highest BCUT2D eigenvalue weighted by atomic mass is 32.2. The van der Waals surface area contributed by atoms with Crippen LogP contribution in [-0.4, -0.2) is 32.8 Å². The number of nitrogens with two attached hydrogens (primary N) is 1. The van der Waals surface area contributed by atoms with E-state index in [-0.39, 0.29) is 12.2 Å². The Morgan fingerprint density at radius 1 is 1.13 bits per heavy atom. The number of hydrogen-bond acceptors (Lipinski definition) is 4. The molecular weight excluding hydrogens is 314 g/mol. The zero-order chi connectivity index (χ0) is 16.7. The topological polar surface area (TPSA) is 102 Å². The van der Waals surface area contributed by atoms with Gasteiger partial charge >= 0.3 is 0 Å². The number of nitrogens with one attached hydrogen (secondary N) is 1. The molecule has 0 spiro atoms. The second-order valence-corrected chi connectivity index (χ2v) is 6.39. The van der Waals surface area contributed by atoms with Crippen LogP contribution in [0.15, 0.2) is 59.8 Å². The van der Waals surface area contributed by atoms with Crippen molar-refractivity contribution in [3.63, 3.8) is 0 Å². The third-order valence-electron chi connectivity index (χ3n) is 3.19. The quantitative estimate of drug-likeness (QED) is 0.785. The van der Waals surface area contributed by atoms with Crippen molar-refractivity contribution >= 4 is 22.6 Å². The van der Waals surface area contributed by atoms with Gasteiger partial charge in [-0.1, -0.05) is 18.2 Å². The van der Waals surface area contributed by atoms with E-state index in [9.17, 15) is 13.8 Å². The lowest BCUT2D eigenvalue weighted by atomic mass is 10.2. The Morgan fingerprint density at radius 3 is 2.39 bits per heavy atom. The van der Waals surface area contributed by atoms with Crippen LogP contribution in [0.4, 0.5) is 0 Å². The van der Waals surface area contributed by atoms with Gasteiger partial charge in [-0.15, -0.1) is 0 Å². The van der Waals surface area contributed by atoms with Crippen molar-refractivity contribution in [1.82, 2.24) is 10.3 Å². The molecule has 3 N–H and O–H groups in total. The summed E-state index contributed by atoms with van der Waals surface area (Å²) >= 11 is 0. The summed E-state index contributed by atoms with van der Waals surface area (Å²) in [5.41, 5.74) is 5.71. The number of carbonyl (C=O) groups excluding carboxylic acids is 2. The summed E-state index contributed by atoms with van der Waals surface area (Å²) in [7, 11) is -1.25. The lowest BCUT2D eigenvalue weighted by Gasteiger charge is -2.15. The zero-order valence-electron chi connectivity index (χ0n) is 12.3. The minimum absolute atomic E-state index is 0.202. The molecule has 1 heterocycles. The van der Waals surface area contributed by atoms with Crippen LogP contribution in [-0.2, 0) is 15.6 Å². The van der Waals surface area contributed by atoms with Crippen LogP contribution in [0.3, 0.4) is 0 Å². The van der Waals surface area contributed by atoms with Gasteiger partial charge in [-0.25, -0.2) is 0 Å². The van der Waals surface area contributed by atoms with Crippen LogP contribution in [0.5, 0.6) is 0 Å². The largest absolute Gasteiger partial charge is 0.368 e. The van der Waals surface area contributed by atoms with Gasteiger partial charge in [0.05, 0.1) is 10.8 Å². The van der Waals surface area contributed by atoms with Gasteiger partial charge in [0.1, 0.15) is 6.04 Å². The maximum absolute atomic E-state index is 12.2. The van der Waals surface area contributed by atoms with Gasteiger partial charge in [0, 0.05) is 28.6 Å². The molecule has 0 saturated carbocycles. The predicted octanol–water partition coefficient (Wildman–Crippen LogP) is 0.863. The van der Waals surface area contributed by atoms with Crippen molar-refractivity contribution < 1.29 is 13.8 Å². The van der Waals surface area contributed by atoms with E-state index < -0.39 is 28.7 Å². The Hall–Kier alpha value is -2.54. The van der Waals surface area contributed by atoms with Crippen LogP contribution in [0.2, 0.25) is 0 Å². The number of hydrogen-bond donors (Lipinski definition) is 2. The number of primary amides is 1. The van der Waals surface area contributed by atoms with E-state index in [0.29, 0.717) is 10.5 Å².